The second-order valence-electron chi connectivity index (χ2n) is 6.95. The molecule has 31 heavy (non-hydrogen) atoms. The topological polar surface area (TPSA) is 76.9 Å². The molecule has 0 saturated carbocycles. The van der Waals surface area contributed by atoms with E-state index in [9.17, 15) is 21.6 Å². The highest BCUT2D eigenvalue weighted by molar-refractivity contribution is 7.98. The number of benzene rings is 2. The summed E-state index contributed by atoms with van der Waals surface area (Å²) in [4.78, 5) is -0.828. The van der Waals surface area contributed by atoms with Crippen LogP contribution in [0.3, 0.4) is 0 Å². The van der Waals surface area contributed by atoms with Crippen molar-refractivity contribution in [3.05, 3.63) is 71.0 Å². The largest absolute Gasteiger partial charge is 0.417 e. The normalized spacial score (nSPS) is 13.4. The Bertz CT molecular complexity index is 1180. The minimum absolute atomic E-state index is 0.292. The van der Waals surface area contributed by atoms with Crippen molar-refractivity contribution < 1.29 is 21.6 Å². The first-order chi connectivity index (χ1) is 14.5. The molecule has 0 aliphatic heterocycles. The fraction of sp³-hybridized carbons (Fsp3) is 0.300. The van der Waals surface area contributed by atoms with E-state index in [4.69, 9.17) is 0 Å². The quantitative estimate of drug-likeness (QED) is 0.516. The molecule has 0 saturated heterocycles. The third kappa shape index (κ3) is 5.28. The lowest BCUT2D eigenvalue weighted by atomic mass is 10.1. The average Bonchev–Trinajstić information content (AvgIpc) is 3.07. The van der Waals surface area contributed by atoms with E-state index in [0.717, 1.165) is 29.3 Å². The van der Waals surface area contributed by atoms with Crippen LogP contribution in [-0.2, 0) is 29.0 Å². The summed E-state index contributed by atoms with van der Waals surface area (Å²) in [5.74, 6) is 0.942. The van der Waals surface area contributed by atoms with Gasteiger partial charge in [0.2, 0.25) is 10.0 Å². The molecule has 1 unspecified atom stereocenters. The molecule has 0 spiro atoms. The van der Waals surface area contributed by atoms with Gasteiger partial charge in [-0.15, -0.1) is 10.2 Å². The smallest absolute Gasteiger partial charge is 0.308 e. The summed E-state index contributed by atoms with van der Waals surface area (Å²) in [5, 5.41) is 8.71. The molecule has 0 amide bonds. The second-order valence-corrected chi connectivity index (χ2v) is 9.58. The molecule has 1 N–H and O–H groups in total. The molecular formula is C20H21F3N4O2S2. The number of halogens is 3. The number of thioether (sulfide) groups is 1. The fourth-order valence-electron chi connectivity index (χ4n) is 3.03. The van der Waals surface area contributed by atoms with Gasteiger partial charge in [-0.3, -0.25) is 0 Å². The van der Waals surface area contributed by atoms with Crippen molar-refractivity contribution >= 4 is 21.8 Å². The third-order valence-electron chi connectivity index (χ3n) is 4.69. The van der Waals surface area contributed by atoms with Gasteiger partial charge >= 0.3 is 6.18 Å². The number of hydrogen-bond acceptors (Lipinski definition) is 5. The summed E-state index contributed by atoms with van der Waals surface area (Å²) in [7, 11) is -2.76. The van der Waals surface area contributed by atoms with Crippen LogP contribution in [-0.4, -0.2) is 23.2 Å². The molecule has 11 heteroatoms. The highest BCUT2D eigenvalue weighted by Crippen LogP contribution is 2.34. The molecule has 6 nitrogen and oxygen atoms in total. The third-order valence-corrected chi connectivity index (χ3v) is 7.36. The van der Waals surface area contributed by atoms with Gasteiger partial charge in [0, 0.05) is 12.8 Å². The van der Waals surface area contributed by atoms with Crippen LogP contribution in [0.5, 0.6) is 0 Å². The van der Waals surface area contributed by atoms with Crippen LogP contribution in [0, 0.1) is 6.92 Å². The number of aromatic nitrogens is 3. The molecule has 2 aromatic carbocycles. The van der Waals surface area contributed by atoms with E-state index in [-0.39, 0.29) is 0 Å². The Morgan fingerprint density at radius 3 is 2.42 bits per heavy atom. The zero-order chi connectivity index (χ0) is 22.8. The minimum Gasteiger partial charge on any atom is -0.308 e. The molecule has 1 heterocycles. The van der Waals surface area contributed by atoms with Crippen molar-refractivity contribution in [1.82, 2.24) is 19.5 Å². The number of aryl methyl sites for hydroxylation is 1. The first-order valence-corrected chi connectivity index (χ1v) is 11.7. The Morgan fingerprint density at radius 2 is 1.74 bits per heavy atom. The van der Waals surface area contributed by atoms with Crippen LogP contribution in [0.2, 0.25) is 0 Å². The van der Waals surface area contributed by atoms with Crippen molar-refractivity contribution in [2.45, 2.75) is 41.9 Å². The van der Waals surface area contributed by atoms with Crippen molar-refractivity contribution in [3.63, 3.8) is 0 Å². The molecule has 0 aliphatic carbocycles. The fourth-order valence-corrected chi connectivity index (χ4v) is 5.45. The van der Waals surface area contributed by atoms with Gasteiger partial charge in [0.25, 0.3) is 0 Å². The van der Waals surface area contributed by atoms with Gasteiger partial charge in [0.15, 0.2) is 11.0 Å². The summed E-state index contributed by atoms with van der Waals surface area (Å²) in [6.07, 6.45) is -4.79. The predicted molar refractivity (Wildman–Crippen MR) is 112 cm³/mol. The van der Waals surface area contributed by atoms with Gasteiger partial charge in [0.1, 0.15) is 0 Å². The maximum absolute atomic E-state index is 13.2. The van der Waals surface area contributed by atoms with Crippen molar-refractivity contribution in [3.8, 4) is 0 Å². The summed E-state index contributed by atoms with van der Waals surface area (Å²) in [6, 6.07) is 11.1. The zero-order valence-corrected chi connectivity index (χ0v) is 18.6. The Hall–Kier alpha value is -2.37. The maximum Gasteiger partial charge on any atom is 0.417 e. The van der Waals surface area contributed by atoms with Gasteiger partial charge in [-0.2, -0.15) is 13.2 Å². The number of hydrogen-bond donors (Lipinski definition) is 1. The minimum atomic E-state index is -4.79. The van der Waals surface area contributed by atoms with E-state index in [1.54, 1.807) is 11.6 Å². The van der Waals surface area contributed by atoms with E-state index in [2.05, 4.69) is 14.9 Å². The number of rotatable bonds is 7. The van der Waals surface area contributed by atoms with Gasteiger partial charge in [-0.25, -0.2) is 13.1 Å². The summed E-state index contributed by atoms with van der Waals surface area (Å²) < 4.78 is 69.0. The van der Waals surface area contributed by atoms with Crippen LogP contribution in [0.15, 0.2) is 58.6 Å². The predicted octanol–water partition coefficient (Wildman–Crippen LogP) is 4.47. The number of sulfonamides is 1. The lowest BCUT2D eigenvalue weighted by Crippen LogP contribution is -2.30. The standard InChI is InChI=1S/C20H21F3N4O2S2/c1-13-8-4-5-9-15(13)12-30-19-25-24-18(27(19)3)14(2)26-31(28,29)17-11-7-6-10-16(17)20(21,22)23/h4-11,14,26H,12H2,1-3H3. The number of nitrogens with zero attached hydrogens (tertiary/aromatic N) is 3. The lowest BCUT2D eigenvalue weighted by Gasteiger charge is -2.17. The Kier molecular flexibility index (Phi) is 6.77. The Morgan fingerprint density at radius 1 is 1.10 bits per heavy atom. The number of nitrogens with one attached hydrogen (secondary N) is 1. The van der Waals surface area contributed by atoms with Crippen LogP contribution < -0.4 is 4.72 Å². The van der Waals surface area contributed by atoms with Crippen molar-refractivity contribution in [2.75, 3.05) is 0 Å². The molecule has 3 aromatic rings. The average molecular weight is 471 g/mol. The molecule has 1 atom stereocenters. The molecule has 0 radical (unpaired) electrons. The van der Waals surface area contributed by atoms with E-state index in [0.29, 0.717) is 16.7 Å². The number of alkyl halides is 3. The Balaban J connectivity index is 1.79. The summed E-state index contributed by atoms with van der Waals surface area (Å²) in [5.41, 5.74) is 1.05. The monoisotopic (exact) mass is 470 g/mol. The molecule has 0 fully saturated rings. The molecule has 1 aromatic heterocycles. The van der Waals surface area contributed by atoms with E-state index in [1.165, 1.54) is 24.8 Å². The first kappa shape index (κ1) is 23.3. The Labute approximate surface area is 182 Å². The summed E-state index contributed by atoms with van der Waals surface area (Å²) >= 11 is 1.44. The molecule has 166 valence electrons. The van der Waals surface area contributed by atoms with Crippen LogP contribution in [0.4, 0.5) is 13.2 Å². The highest BCUT2D eigenvalue weighted by atomic mass is 32.2. The molecule has 0 bridgehead atoms. The van der Waals surface area contributed by atoms with Gasteiger partial charge in [-0.05, 0) is 37.1 Å². The van der Waals surface area contributed by atoms with Gasteiger partial charge in [-0.1, -0.05) is 48.2 Å². The summed E-state index contributed by atoms with van der Waals surface area (Å²) in [6.45, 7) is 3.52. The van der Waals surface area contributed by atoms with E-state index >= 15 is 0 Å². The molecule has 0 aliphatic rings. The van der Waals surface area contributed by atoms with Gasteiger partial charge < -0.3 is 4.57 Å². The van der Waals surface area contributed by atoms with Crippen molar-refractivity contribution in [2.24, 2.45) is 7.05 Å². The lowest BCUT2D eigenvalue weighted by molar-refractivity contribution is -0.139. The first-order valence-electron chi connectivity index (χ1n) is 9.26. The SMILES string of the molecule is Cc1ccccc1CSc1nnc(C(C)NS(=O)(=O)c2ccccc2C(F)(F)F)n1C. The van der Waals surface area contributed by atoms with Crippen LogP contribution in [0.25, 0.3) is 0 Å². The van der Waals surface area contributed by atoms with Crippen LogP contribution in [0.1, 0.15) is 35.5 Å². The molecular weight excluding hydrogens is 449 g/mol. The van der Waals surface area contributed by atoms with Crippen molar-refractivity contribution in [1.29, 1.82) is 0 Å². The van der Waals surface area contributed by atoms with E-state index in [1.807, 2.05) is 31.2 Å². The second kappa shape index (κ2) is 9.01. The highest BCUT2D eigenvalue weighted by Gasteiger charge is 2.37. The van der Waals surface area contributed by atoms with Gasteiger partial charge in [0.05, 0.1) is 16.5 Å². The maximum atomic E-state index is 13.2. The van der Waals surface area contributed by atoms with Crippen LogP contribution >= 0.6 is 11.8 Å². The van der Waals surface area contributed by atoms with E-state index < -0.39 is 32.7 Å². The molecule has 3 rings (SSSR count). The zero-order valence-electron chi connectivity index (χ0n) is 17.0.